The molecule has 0 radical (unpaired) electrons. The van der Waals surface area contributed by atoms with Gasteiger partial charge in [0.15, 0.2) is 0 Å². The summed E-state index contributed by atoms with van der Waals surface area (Å²) in [6.07, 6.45) is -4.46. The Morgan fingerprint density at radius 3 is 2.44 bits per heavy atom. The van der Waals surface area contributed by atoms with E-state index >= 15 is 0 Å². The first-order valence-electron chi connectivity index (χ1n) is 11.0. The molecule has 0 bridgehead atoms. The van der Waals surface area contributed by atoms with Crippen LogP contribution in [0.1, 0.15) is 27.2 Å². The Kier molecular flexibility index (Phi) is 7.00. The standard InChI is InChI=1S/C27H24F3N3O3/c1-17-6-4-9-20(12-17)33-24(15-23(32-33)22-11-10-21(35-2)14-25(22)36-3)26(34)31-16-18-7-5-8-19(13-18)27(28,29)30/h4-15H,16H2,1-3H3,(H,31,34). The highest BCUT2D eigenvalue weighted by Crippen LogP contribution is 2.34. The second kappa shape index (κ2) is 10.2. The van der Waals surface area contributed by atoms with Gasteiger partial charge in [-0.15, -0.1) is 0 Å². The number of rotatable bonds is 7. The molecule has 0 atom stereocenters. The Labute approximate surface area is 206 Å². The van der Waals surface area contributed by atoms with Gasteiger partial charge < -0.3 is 14.8 Å². The number of aryl methyl sites for hydroxylation is 1. The molecule has 36 heavy (non-hydrogen) atoms. The predicted molar refractivity (Wildman–Crippen MR) is 129 cm³/mol. The zero-order valence-corrected chi connectivity index (χ0v) is 19.9. The largest absolute Gasteiger partial charge is 0.497 e. The van der Waals surface area contributed by atoms with Gasteiger partial charge in [0.1, 0.15) is 17.2 Å². The molecule has 0 aliphatic rings. The molecular weight excluding hydrogens is 471 g/mol. The third-order valence-corrected chi connectivity index (χ3v) is 5.58. The number of hydrogen-bond acceptors (Lipinski definition) is 4. The second-order valence-electron chi connectivity index (χ2n) is 8.11. The summed E-state index contributed by atoms with van der Waals surface area (Å²) in [7, 11) is 3.08. The molecule has 0 saturated heterocycles. The molecule has 6 nitrogen and oxygen atoms in total. The number of nitrogens with one attached hydrogen (secondary N) is 1. The van der Waals surface area contributed by atoms with Gasteiger partial charge in [-0.3, -0.25) is 4.79 Å². The van der Waals surface area contributed by atoms with E-state index in [1.165, 1.54) is 23.9 Å². The number of carbonyl (C=O) groups is 1. The maximum Gasteiger partial charge on any atom is 0.416 e. The van der Waals surface area contributed by atoms with Gasteiger partial charge in [0.2, 0.25) is 0 Å². The third kappa shape index (κ3) is 5.35. The zero-order chi connectivity index (χ0) is 25.9. The van der Waals surface area contributed by atoms with Gasteiger partial charge >= 0.3 is 6.18 Å². The zero-order valence-electron chi connectivity index (χ0n) is 19.9. The molecule has 0 spiro atoms. The van der Waals surface area contributed by atoms with E-state index in [1.54, 1.807) is 31.4 Å². The van der Waals surface area contributed by atoms with Crippen LogP contribution in [0.2, 0.25) is 0 Å². The van der Waals surface area contributed by atoms with Crippen LogP contribution in [-0.2, 0) is 12.7 Å². The van der Waals surface area contributed by atoms with Crippen LogP contribution in [0.5, 0.6) is 11.5 Å². The lowest BCUT2D eigenvalue weighted by Crippen LogP contribution is -2.25. The van der Waals surface area contributed by atoms with Gasteiger partial charge in [-0.1, -0.05) is 24.3 Å². The summed E-state index contributed by atoms with van der Waals surface area (Å²) in [4.78, 5) is 13.2. The molecule has 1 amide bonds. The van der Waals surface area contributed by atoms with E-state index in [9.17, 15) is 18.0 Å². The van der Waals surface area contributed by atoms with Gasteiger partial charge in [-0.2, -0.15) is 18.3 Å². The van der Waals surface area contributed by atoms with Crippen molar-refractivity contribution >= 4 is 5.91 Å². The van der Waals surface area contributed by atoms with Crippen LogP contribution in [0.15, 0.2) is 72.8 Å². The summed E-state index contributed by atoms with van der Waals surface area (Å²) in [5, 5.41) is 7.38. The Balaban J connectivity index is 1.70. The molecule has 186 valence electrons. The summed E-state index contributed by atoms with van der Waals surface area (Å²) in [5.41, 5.74) is 2.56. The Hall–Kier alpha value is -4.27. The van der Waals surface area contributed by atoms with Crippen LogP contribution >= 0.6 is 0 Å². The van der Waals surface area contributed by atoms with Gasteiger partial charge in [0.25, 0.3) is 5.91 Å². The summed E-state index contributed by atoms with van der Waals surface area (Å²) >= 11 is 0. The van der Waals surface area contributed by atoms with Gasteiger partial charge in [0, 0.05) is 18.2 Å². The van der Waals surface area contributed by atoms with Crippen molar-refractivity contribution in [2.24, 2.45) is 0 Å². The number of aromatic nitrogens is 2. The van der Waals surface area contributed by atoms with Gasteiger partial charge in [-0.25, -0.2) is 4.68 Å². The Morgan fingerprint density at radius 1 is 0.972 bits per heavy atom. The fourth-order valence-corrected chi connectivity index (χ4v) is 3.77. The van der Waals surface area contributed by atoms with E-state index in [-0.39, 0.29) is 12.2 Å². The van der Waals surface area contributed by atoms with Crippen LogP contribution in [0.25, 0.3) is 16.9 Å². The number of methoxy groups -OCH3 is 2. The van der Waals surface area contributed by atoms with Crippen molar-refractivity contribution in [1.29, 1.82) is 0 Å². The monoisotopic (exact) mass is 495 g/mol. The highest BCUT2D eigenvalue weighted by atomic mass is 19.4. The third-order valence-electron chi connectivity index (χ3n) is 5.58. The average molecular weight is 496 g/mol. The van der Waals surface area contributed by atoms with Crippen molar-refractivity contribution < 1.29 is 27.4 Å². The van der Waals surface area contributed by atoms with Gasteiger partial charge in [0.05, 0.1) is 31.2 Å². The Morgan fingerprint density at radius 2 is 1.75 bits per heavy atom. The first-order valence-corrected chi connectivity index (χ1v) is 11.0. The SMILES string of the molecule is COc1ccc(-c2cc(C(=O)NCc3cccc(C(F)(F)F)c3)n(-c3cccc(C)c3)n2)c(OC)c1. The molecule has 1 aromatic heterocycles. The maximum atomic E-state index is 13.2. The Bertz CT molecular complexity index is 1400. The van der Waals surface area contributed by atoms with Crippen LogP contribution in [0, 0.1) is 6.92 Å². The molecule has 9 heteroatoms. The highest BCUT2D eigenvalue weighted by Gasteiger charge is 2.30. The maximum absolute atomic E-state index is 13.2. The lowest BCUT2D eigenvalue weighted by molar-refractivity contribution is -0.137. The topological polar surface area (TPSA) is 65.4 Å². The number of nitrogens with zero attached hydrogens (tertiary/aromatic N) is 2. The minimum absolute atomic E-state index is 0.0804. The first-order chi connectivity index (χ1) is 17.2. The fourth-order valence-electron chi connectivity index (χ4n) is 3.77. The quantitative estimate of drug-likeness (QED) is 0.351. The molecule has 1 heterocycles. The number of alkyl halides is 3. The van der Waals surface area contributed by atoms with E-state index in [1.807, 2.05) is 31.2 Å². The smallest absolute Gasteiger partial charge is 0.416 e. The summed E-state index contributed by atoms with van der Waals surface area (Å²) in [6, 6.07) is 19.2. The fraction of sp³-hybridized carbons (Fsp3) is 0.185. The molecule has 0 aliphatic carbocycles. The van der Waals surface area contributed by atoms with E-state index in [4.69, 9.17) is 9.47 Å². The van der Waals surface area contributed by atoms with Crippen molar-refractivity contribution in [3.8, 4) is 28.4 Å². The number of amides is 1. The molecule has 3 aromatic carbocycles. The van der Waals surface area contributed by atoms with Crippen LogP contribution < -0.4 is 14.8 Å². The molecule has 0 unspecified atom stereocenters. The predicted octanol–water partition coefficient (Wildman–Crippen LogP) is 5.81. The molecule has 0 fully saturated rings. The average Bonchev–Trinajstić information content (AvgIpc) is 3.32. The molecule has 0 saturated carbocycles. The minimum atomic E-state index is -4.46. The number of carbonyl (C=O) groups excluding carboxylic acids is 1. The van der Waals surface area contributed by atoms with Crippen LogP contribution in [0.3, 0.4) is 0 Å². The summed E-state index contributed by atoms with van der Waals surface area (Å²) in [6.45, 7) is 1.84. The first kappa shape index (κ1) is 24.8. The van der Waals surface area contributed by atoms with E-state index in [0.29, 0.717) is 34.0 Å². The number of halogens is 3. The molecule has 4 rings (SSSR count). The van der Waals surface area contributed by atoms with Crippen molar-refractivity contribution in [1.82, 2.24) is 15.1 Å². The molecule has 0 aliphatic heterocycles. The number of hydrogen-bond donors (Lipinski definition) is 1. The number of ether oxygens (including phenoxy) is 2. The lowest BCUT2D eigenvalue weighted by atomic mass is 10.1. The molecule has 4 aromatic rings. The highest BCUT2D eigenvalue weighted by molar-refractivity contribution is 5.94. The van der Waals surface area contributed by atoms with Crippen molar-refractivity contribution in [2.75, 3.05) is 14.2 Å². The normalized spacial score (nSPS) is 11.3. The van der Waals surface area contributed by atoms with Crippen LogP contribution in [-0.4, -0.2) is 29.9 Å². The summed E-state index contributed by atoms with van der Waals surface area (Å²) < 4.78 is 51.5. The molecule has 1 N–H and O–H groups in total. The molecular formula is C27H24F3N3O3. The summed E-state index contributed by atoms with van der Waals surface area (Å²) in [5.74, 6) is 0.632. The lowest BCUT2D eigenvalue weighted by Gasteiger charge is -2.11. The van der Waals surface area contributed by atoms with Crippen molar-refractivity contribution in [2.45, 2.75) is 19.6 Å². The number of benzene rings is 3. The second-order valence-corrected chi connectivity index (χ2v) is 8.11. The van der Waals surface area contributed by atoms with E-state index in [0.717, 1.165) is 17.7 Å². The van der Waals surface area contributed by atoms with Crippen LogP contribution in [0.4, 0.5) is 13.2 Å². The van der Waals surface area contributed by atoms with Gasteiger partial charge in [-0.05, 0) is 60.5 Å². The van der Waals surface area contributed by atoms with Crippen molar-refractivity contribution in [3.63, 3.8) is 0 Å². The van der Waals surface area contributed by atoms with E-state index in [2.05, 4.69) is 10.4 Å². The van der Waals surface area contributed by atoms with E-state index < -0.39 is 17.6 Å². The van der Waals surface area contributed by atoms with Crippen molar-refractivity contribution in [3.05, 3.63) is 95.2 Å². The minimum Gasteiger partial charge on any atom is -0.497 e.